The number of hydrogen-bond donors (Lipinski definition) is 2. The van der Waals surface area contributed by atoms with Crippen molar-refractivity contribution in [3.05, 3.63) is 78.0 Å². The highest BCUT2D eigenvalue weighted by Crippen LogP contribution is 2.20. The molecule has 2 N–H and O–H groups in total. The van der Waals surface area contributed by atoms with Gasteiger partial charge in [-0.3, -0.25) is 4.79 Å². The first-order valence-electron chi connectivity index (χ1n) is 7.90. The zero-order valence-electron chi connectivity index (χ0n) is 14.1. The van der Waals surface area contributed by atoms with Crippen molar-refractivity contribution in [2.24, 2.45) is 0 Å². The third kappa shape index (κ3) is 4.14. The van der Waals surface area contributed by atoms with E-state index in [1.165, 1.54) is 5.56 Å². The van der Waals surface area contributed by atoms with Crippen LogP contribution in [0.25, 0.3) is 0 Å². The molecular weight excluding hydrogens is 314 g/mol. The molecule has 0 aliphatic carbocycles. The molecule has 1 aromatic heterocycles. The number of methoxy groups -OCH3 is 1. The van der Waals surface area contributed by atoms with Gasteiger partial charge in [-0.1, -0.05) is 24.3 Å². The van der Waals surface area contributed by atoms with Crippen molar-refractivity contribution >= 4 is 23.1 Å². The lowest BCUT2D eigenvalue weighted by molar-refractivity contribution is 0.102. The highest BCUT2D eigenvalue weighted by molar-refractivity contribution is 6.06. The molecule has 0 saturated carbocycles. The molecule has 1 amide bonds. The van der Waals surface area contributed by atoms with Crippen molar-refractivity contribution in [3.63, 3.8) is 0 Å². The molecule has 126 valence electrons. The van der Waals surface area contributed by atoms with Crippen molar-refractivity contribution in [1.29, 1.82) is 0 Å². The summed E-state index contributed by atoms with van der Waals surface area (Å²) < 4.78 is 5.21. The van der Waals surface area contributed by atoms with Crippen LogP contribution in [0.1, 0.15) is 15.9 Å². The first-order chi connectivity index (χ1) is 12.2. The second kappa shape index (κ2) is 7.49. The van der Waals surface area contributed by atoms with E-state index in [0.717, 1.165) is 5.69 Å². The smallest absolute Gasteiger partial charge is 0.259 e. The topological polar surface area (TPSA) is 63.2 Å². The highest BCUT2D eigenvalue weighted by Gasteiger charge is 2.11. The number of carbonyl (C=O) groups is 1. The number of aryl methyl sites for hydroxylation is 1. The first-order valence-corrected chi connectivity index (χ1v) is 7.90. The molecule has 5 heteroatoms. The normalized spacial score (nSPS) is 10.2. The summed E-state index contributed by atoms with van der Waals surface area (Å²) in [4.78, 5) is 16.7. The molecule has 5 nitrogen and oxygen atoms in total. The Morgan fingerprint density at radius 1 is 1.00 bits per heavy atom. The van der Waals surface area contributed by atoms with E-state index in [0.29, 0.717) is 22.8 Å². The third-order valence-corrected chi connectivity index (χ3v) is 3.66. The zero-order valence-corrected chi connectivity index (χ0v) is 14.1. The number of benzene rings is 2. The number of aromatic nitrogens is 1. The van der Waals surface area contributed by atoms with Crippen LogP contribution in [0.5, 0.6) is 5.75 Å². The van der Waals surface area contributed by atoms with Gasteiger partial charge in [0, 0.05) is 5.69 Å². The Kier molecular flexibility index (Phi) is 4.95. The molecule has 0 aliphatic heterocycles. The van der Waals surface area contributed by atoms with Crippen molar-refractivity contribution < 1.29 is 9.53 Å². The van der Waals surface area contributed by atoms with Gasteiger partial charge in [0.25, 0.3) is 5.91 Å². The minimum Gasteiger partial charge on any atom is -0.496 e. The predicted molar refractivity (Wildman–Crippen MR) is 99.6 cm³/mol. The van der Waals surface area contributed by atoms with Gasteiger partial charge in [-0.05, 0) is 48.9 Å². The summed E-state index contributed by atoms with van der Waals surface area (Å²) in [5, 5.41) is 6.06. The Morgan fingerprint density at radius 3 is 2.56 bits per heavy atom. The van der Waals surface area contributed by atoms with Gasteiger partial charge < -0.3 is 15.4 Å². The van der Waals surface area contributed by atoms with Crippen LogP contribution >= 0.6 is 0 Å². The summed E-state index contributed by atoms with van der Waals surface area (Å²) in [7, 11) is 1.54. The van der Waals surface area contributed by atoms with Gasteiger partial charge in [-0.15, -0.1) is 0 Å². The predicted octanol–water partition coefficient (Wildman–Crippen LogP) is 4.39. The SMILES string of the molecule is COc1ccccc1C(=O)Nc1ccc(Nc2cccc(C)c2)nc1. The first kappa shape index (κ1) is 16.5. The van der Waals surface area contributed by atoms with E-state index in [-0.39, 0.29) is 5.91 Å². The number of hydrogen-bond acceptors (Lipinski definition) is 4. The van der Waals surface area contributed by atoms with Crippen LogP contribution in [-0.4, -0.2) is 18.0 Å². The van der Waals surface area contributed by atoms with Crippen LogP contribution in [0.2, 0.25) is 0 Å². The van der Waals surface area contributed by atoms with Gasteiger partial charge in [-0.2, -0.15) is 0 Å². The number of anilines is 3. The molecule has 0 atom stereocenters. The molecule has 0 aliphatic rings. The maximum Gasteiger partial charge on any atom is 0.259 e. The number of para-hydroxylation sites is 1. The number of carbonyl (C=O) groups excluding carboxylic acids is 1. The van der Waals surface area contributed by atoms with Crippen LogP contribution in [0.15, 0.2) is 66.9 Å². The summed E-state index contributed by atoms with van der Waals surface area (Å²) in [6, 6.07) is 18.8. The molecule has 0 fully saturated rings. The summed E-state index contributed by atoms with van der Waals surface area (Å²) in [5.74, 6) is 1.00. The van der Waals surface area contributed by atoms with Crippen molar-refractivity contribution in [2.75, 3.05) is 17.7 Å². The minimum absolute atomic E-state index is 0.237. The van der Waals surface area contributed by atoms with Gasteiger partial charge in [0.1, 0.15) is 11.6 Å². The second-order valence-electron chi connectivity index (χ2n) is 5.58. The van der Waals surface area contributed by atoms with E-state index in [1.807, 2.05) is 43.3 Å². The van der Waals surface area contributed by atoms with Gasteiger partial charge in [0.2, 0.25) is 0 Å². The average Bonchev–Trinajstić information content (AvgIpc) is 2.63. The zero-order chi connectivity index (χ0) is 17.6. The number of nitrogens with zero attached hydrogens (tertiary/aromatic N) is 1. The Balaban J connectivity index is 1.69. The summed E-state index contributed by atoms with van der Waals surface area (Å²) in [6.45, 7) is 2.04. The minimum atomic E-state index is -0.237. The van der Waals surface area contributed by atoms with Crippen LogP contribution < -0.4 is 15.4 Å². The van der Waals surface area contributed by atoms with Crippen LogP contribution in [0, 0.1) is 6.92 Å². The molecule has 0 unspecified atom stereocenters. The molecule has 0 radical (unpaired) electrons. The molecule has 3 rings (SSSR count). The van der Waals surface area contributed by atoms with E-state index in [1.54, 1.807) is 37.6 Å². The fraction of sp³-hybridized carbons (Fsp3) is 0.100. The van der Waals surface area contributed by atoms with Gasteiger partial charge in [0.05, 0.1) is 24.6 Å². The maximum atomic E-state index is 12.4. The van der Waals surface area contributed by atoms with Gasteiger partial charge in [-0.25, -0.2) is 4.98 Å². The van der Waals surface area contributed by atoms with Crippen LogP contribution in [0.4, 0.5) is 17.2 Å². The molecular formula is C20H19N3O2. The Hall–Kier alpha value is -3.34. The molecule has 2 aromatic carbocycles. The number of ether oxygens (including phenoxy) is 1. The Bertz CT molecular complexity index is 876. The van der Waals surface area contributed by atoms with E-state index < -0.39 is 0 Å². The van der Waals surface area contributed by atoms with E-state index in [4.69, 9.17) is 4.74 Å². The number of amides is 1. The fourth-order valence-electron chi connectivity index (χ4n) is 2.44. The average molecular weight is 333 g/mol. The molecule has 0 saturated heterocycles. The highest BCUT2D eigenvalue weighted by atomic mass is 16.5. The van der Waals surface area contributed by atoms with Gasteiger partial charge >= 0.3 is 0 Å². The standard InChI is InChI=1S/C20H19N3O2/c1-14-6-5-7-15(12-14)22-19-11-10-16(13-21-19)23-20(24)17-8-3-4-9-18(17)25-2/h3-13H,1-2H3,(H,21,22)(H,23,24). The molecule has 0 bridgehead atoms. The monoisotopic (exact) mass is 333 g/mol. The second-order valence-corrected chi connectivity index (χ2v) is 5.58. The van der Waals surface area contributed by atoms with Gasteiger partial charge in [0.15, 0.2) is 0 Å². The summed E-state index contributed by atoms with van der Waals surface area (Å²) >= 11 is 0. The Labute approximate surface area is 146 Å². The molecule has 3 aromatic rings. The van der Waals surface area contributed by atoms with Crippen LogP contribution in [-0.2, 0) is 0 Å². The number of nitrogens with one attached hydrogen (secondary N) is 2. The number of rotatable bonds is 5. The quantitative estimate of drug-likeness (QED) is 0.727. The van der Waals surface area contributed by atoms with E-state index >= 15 is 0 Å². The lowest BCUT2D eigenvalue weighted by Crippen LogP contribution is -2.13. The lowest BCUT2D eigenvalue weighted by Gasteiger charge is -2.10. The lowest BCUT2D eigenvalue weighted by atomic mass is 10.2. The fourth-order valence-corrected chi connectivity index (χ4v) is 2.44. The van der Waals surface area contributed by atoms with Crippen molar-refractivity contribution in [1.82, 2.24) is 4.98 Å². The van der Waals surface area contributed by atoms with Crippen molar-refractivity contribution in [2.45, 2.75) is 6.92 Å². The maximum absolute atomic E-state index is 12.4. The summed E-state index contributed by atoms with van der Waals surface area (Å²) in [6.07, 6.45) is 1.62. The summed E-state index contributed by atoms with van der Waals surface area (Å²) in [5.41, 5.74) is 3.24. The molecule has 0 spiro atoms. The van der Waals surface area contributed by atoms with Crippen LogP contribution in [0.3, 0.4) is 0 Å². The van der Waals surface area contributed by atoms with E-state index in [9.17, 15) is 4.79 Å². The molecule has 25 heavy (non-hydrogen) atoms. The third-order valence-electron chi connectivity index (χ3n) is 3.66. The molecule has 1 heterocycles. The largest absolute Gasteiger partial charge is 0.496 e. The Morgan fingerprint density at radius 2 is 1.84 bits per heavy atom. The van der Waals surface area contributed by atoms with E-state index in [2.05, 4.69) is 15.6 Å². The van der Waals surface area contributed by atoms with Crippen molar-refractivity contribution in [3.8, 4) is 5.75 Å². The number of pyridine rings is 1.